The Balaban J connectivity index is 1.71. The summed E-state index contributed by atoms with van der Waals surface area (Å²) in [6.45, 7) is 0.350. The fourth-order valence-electron chi connectivity index (χ4n) is 2.21. The summed E-state index contributed by atoms with van der Waals surface area (Å²) in [4.78, 5) is 0. The predicted octanol–water partition coefficient (Wildman–Crippen LogP) is 4.81. The topological polar surface area (TPSA) is 46.6 Å². The molecule has 0 spiro atoms. The molecule has 0 saturated heterocycles. The molecular formula is C18H16ClNO3S2. The Labute approximate surface area is 156 Å². The molecule has 2 aromatic carbocycles. The lowest BCUT2D eigenvalue weighted by atomic mass is 10.2. The van der Waals surface area contributed by atoms with Crippen LogP contribution < -0.4 is 9.04 Å². The van der Waals surface area contributed by atoms with E-state index >= 15 is 0 Å². The summed E-state index contributed by atoms with van der Waals surface area (Å²) < 4.78 is 32.3. The highest BCUT2D eigenvalue weighted by atomic mass is 35.5. The maximum atomic E-state index is 12.5. The maximum absolute atomic E-state index is 12.5. The van der Waals surface area contributed by atoms with E-state index in [1.165, 1.54) is 22.7 Å². The quantitative estimate of drug-likeness (QED) is 0.604. The Kier molecular flexibility index (Phi) is 5.32. The minimum Gasteiger partial charge on any atom is -0.489 e. The molecule has 4 nitrogen and oxygen atoms in total. The number of benzene rings is 2. The van der Waals surface area contributed by atoms with E-state index in [1.54, 1.807) is 41.8 Å². The van der Waals surface area contributed by atoms with Crippen molar-refractivity contribution in [3.63, 3.8) is 0 Å². The fraction of sp³-hybridized carbons (Fsp3) is 0.111. The highest BCUT2D eigenvalue weighted by Gasteiger charge is 2.22. The lowest BCUT2D eigenvalue weighted by Crippen LogP contribution is -2.25. The van der Waals surface area contributed by atoms with Crippen LogP contribution in [0.1, 0.15) is 5.56 Å². The number of halogens is 1. The summed E-state index contributed by atoms with van der Waals surface area (Å²) in [5, 5.41) is 2.40. The van der Waals surface area contributed by atoms with Crippen LogP contribution in [0.3, 0.4) is 0 Å². The minimum absolute atomic E-state index is 0.314. The molecule has 1 aromatic heterocycles. The molecule has 0 amide bonds. The molecule has 0 aliphatic heterocycles. The van der Waals surface area contributed by atoms with Crippen molar-refractivity contribution in [3.05, 3.63) is 76.6 Å². The number of anilines is 1. The van der Waals surface area contributed by atoms with Crippen LogP contribution in [-0.4, -0.2) is 15.5 Å². The van der Waals surface area contributed by atoms with Crippen LogP contribution in [0.2, 0.25) is 5.02 Å². The van der Waals surface area contributed by atoms with Gasteiger partial charge in [-0.05, 0) is 41.8 Å². The molecule has 0 atom stereocenters. The van der Waals surface area contributed by atoms with Gasteiger partial charge in [0, 0.05) is 17.6 Å². The Hall–Kier alpha value is -2.02. The number of rotatable bonds is 6. The van der Waals surface area contributed by atoms with Crippen LogP contribution >= 0.6 is 22.9 Å². The minimum atomic E-state index is -3.53. The summed E-state index contributed by atoms with van der Waals surface area (Å²) >= 11 is 7.30. The van der Waals surface area contributed by atoms with Gasteiger partial charge in [-0.15, -0.1) is 11.3 Å². The van der Waals surface area contributed by atoms with Crippen LogP contribution in [0, 0.1) is 0 Å². The normalized spacial score (nSPS) is 11.3. The summed E-state index contributed by atoms with van der Waals surface area (Å²) in [5.74, 6) is 0.644. The molecule has 25 heavy (non-hydrogen) atoms. The Morgan fingerprint density at radius 1 is 1.04 bits per heavy atom. The van der Waals surface area contributed by atoms with E-state index in [4.69, 9.17) is 16.3 Å². The molecule has 0 N–H and O–H groups in total. The molecule has 0 aliphatic carbocycles. The average Bonchev–Trinajstić information content (AvgIpc) is 3.16. The van der Waals surface area contributed by atoms with Crippen molar-refractivity contribution in [2.45, 2.75) is 10.8 Å². The van der Waals surface area contributed by atoms with Crippen molar-refractivity contribution in [3.8, 4) is 5.75 Å². The molecule has 0 bridgehead atoms. The number of ether oxygens (including phenoxy) is 1. The van der Waals surface area contributed by atoms with Crippen molar-refractivity contribution >= 4 is 38.6 Å². The van der Waals surface area contributed by atoms with Gasteiger partial charge in [0.05, 0.1) is 5.69 Å². The monoisotopic (exact) mass is 393 g/mol. The molecule has 7 heteroatoms. The van der Waals surface area contributed by atoms with Gasteiger partial charge in [-0.2, -0.15) is 0 Å². The van der Waals surface area contributed by atoms with Crippen molar-refractivity contribution in [1.82, 2.24) is 0 Å². The molecule has 1 heterocycles. The third kappa shape index (κ3) is 3.98. The number of nitrogens with zero attached hydrogens (tertiary/aromatic N) is 1. The zero-order valence-electron chi connectivity index (χ0n) is 13.4. The first-order valence-electron chi connectivity index (χ1n) is 7.47. The van der Waals surface area contributed by atoms with Crippen LogP contribution in [-0.2, 0) is 16.6 Å². The lowest BCUT2D eigenvalue weighted by molar-refractivity contribution is 0.306. The average molecular weight is 394 g/mol. The van der Waals surface area contributed by atoms with Gasteiger partial charge >= 0.3 is 0 Å². The molecule has 0 saturated carbocycles. The van der Waals surface area contributed by atoms with E-state index in [9.17, 15) is 8.42 Å². The Morgan fingerprint density at radius 3 is 2.40 bits per heavy atom. The van der Waals surface area contributed by atoms with Crippen LogP contribution in [0.15, 0.2) is 70.3 Å². The standard InChI is InChI=1S/C18H16ClNO3S2/c1-20(25(21,22)18-7-4-12-24-18)15-8-10-16(11-9-15)23-13-14-5-2-3-6-17(14)19/h2-12H,13H2,1H3. The van der Waals surface area contributed by atoms with Gasteiger partial charge in [0.1, 0.15) is 16.6 Å². The van der Waals surface area contributed by atoms with E-state index in [-0.39, 0.29) is 0 Å². The number of hydrogen-bond donors (Lipinski definition) is 0. The Morgan fingerprint density at radius 2 is 1.76 bits per heavy atom. The molecule has 0 aliphatic rings. The lowest BCUT2D eigenvalue weighted by Gasteiger charge is -2.18. The zero-order valence-corrected chi connectivity index (χ0v) is 15.8. The summed E-state index contributed by atoms with van der Waals surface area (Å²) in [6, 6.07) is 17.7. The number of hydrogen-bond acceptors (Lipinski definition) is 4. The first kappa shape index (κ1) is 17.8. The van der Waals surface area contributed by atoms with E-state index in [2.05, 4.69) is 0 Å². The van der Waals surface area contributed by atoms with Crippen molar-refractivity contribution < 1.29 is 13.2 Å². The van der Waals surface area contributed by atoms with Gasteiger partial charge in [-0.25, -0.2) is 8.42 Å². The predicted molar refractivity (Wildman–Crippen MR) is 102 cm³/mol. The van der Waals surface area contributed by atoms with Crippen molar-refractivity contribution in [2.24, 2.45) is 0 Å². The van der Waals surface area contributed by atoms with Crippen molar-refractivity contribution in [1.29, 1.82) is 0 Å². The highest BCUT2D eigenvalue weighted by Crippen LogP contribution is 2.27. The summed E-state index contributed by atoms with van der Waals surface area (Å²) in [7, 11) is -1.99. The van der Waals surface area contributed by atoms with Crippen LogP contribution in [0.5, 0.6) is 5.75 Å². The van der Waals surface area contributed by atoms with E-state index in [0.29, 0.717) is 27.3 Å². The van der Waals surface area contributed by atoms with Gasteiger partial charge < -0.3 is 4.74 Å². The molecular weight excluding hydrogens is 378 g/mol. The second-order valence-corrected chi connectivity index (χ2v) is 8.83. The number of thiophene rings is 1. The number of sulfonamides is 1. The molecule has 0 unspecified atom stereocenters. The van der Waals surface area contributed by atoms with E-state index in [0.717, 1.165) is 5.56 Å². The van der Waals surface area contributed by atoms with Gasteiger partial charge in [0.25, 0.3) is 10.0 Å². The van der Waals surface area contributed by atoms with Gasteiger partial charge in [0.2, 0.25) is 0 Å². The smallest absolute Gasteiger partial charge is 0.273 e. The molecule has 0 fully saturated rings. The van der Waals surface area contributed by atoms with E-state index in [1.807, 2.05) is 24.3 Å². The molecule has 3 aromatic rings. The van der Waals surface area contributed by atoms with Gasteiger partial charge in [0.15, 0.2) is 0 Å². The third-order valence-electron chi connectivity index (χ3n) is 3.66. The first-order valence-corrected chi connectivity index (χ1v) is 10.2. The highest BCUT2D eigenvalue weighted by molar-refractivity contribution is 7.94. The van der Waals surface area contributed by atoms with E-state index < -0.39 is 10.0 Å². The van der Waals surface area contributed by atoms with Crippen LogP contribution in [0.25, 0.3) is 0 Å². The second-order valence-electron chi connectivity index (χ2n) is 5.28. The first-order chi connectivity index (χ1) is 12.0. The largest absolute Gasteiger partial charge is 0.489 e. The SMILES string of the molecule is CN(c1ccc(OCc2ccccc2Cl)cc1)S(=O)(=O)c1cccs1. The zero-order chi connectivity index (χ0) is 17.9. The third-order valence-corrected chi connectivity index (χ3v) is 7.19. The fourth-order valence-corrected chi connectivity index (χ4v) is 4.76. The summed E-state index contributed by atoms with van der Waals surface area (Å²) in [6.07, 6.45) is 0. The van der Waals surface area contributed by atoms with Gasteiger partial charge in [-0.3, -0.25) is 4.31 Å². The van der Waals surface area contributed by atoms with Gasteiger partial charge in [-0.1, -0.05) is 35.9 Å². The summed E-state index contributed by atoms with van der Waals surface area (Å²) in [5.41, 5.74) is 1.46. The molecule has 3 rings (SSSR count). The molecule has 0 radical (unpaired) electrons. The van der Waals surface area contributed by atoms with Crippen molar-refractivity contribution in [2.75, 3.05) is 11.4 Å². The maximum Gasteiger partial charge on any atom is 0.273 e. The second kappa shape index (κ2) is 7.47. The molecule has 130 valence electrons. The Bertz CT molecular complexity index is 939. The van der Waals surface area contributed by atoms with Crippen LogP contribution in [0.4, 0.5) is 5.69 Å².